The lowest BCUT2D eigenvalue weighted by molar-refractivity contribution is -0.136. The minimum atomic E-state index is -0.770. The van der Waals surface area contributed by atoms with Gasteiger partial charge in [0.1, 0.15) is 10.9 Å². The Morgan fingerprint density at radius 2 is 2.16 bits per heavy atom. The van der Waals surface area contributed by atoms with E-state index in [0.717, 1.165) is 12.0 Å². The molecule has 2 N–H and O–H groups in total. The standard InChI is InChI=1S/C13H19NO4S/c1-13(2,3)18-12(17)14-9-5-8(9)7-4-10(11(15)16)19-6-7/h6,8-10H,4-5H2,1-3H3,(H,14,17)(H,15,16). The van der Waals surface area contributed by atoms with Crippen molar-refractivity contribution in [2.45, 2.75) is 50.5 Å². The van der Waals surface area contributed by atoms with Gasteiger partial charge in [0.15, 0.2) is 0 Å². The molecule has 2 aliphatic rings. The summed E-state index contributed by atoms with van der Waals surface area (Å²) in [5.74, 6) is -0.488. The predicted octanol–water partition coefficient (Wildman–Crippen LogP) is 2.37. The first kappa shape index (κ1) is 14.2. The third kappa shape index (κ3) is 3.89. The van der Waals surface area contributed by atoms with Gasteiger partial charge < -0.3 is 15.2 Å². The molecule has 3 atom stereocenters. The quantitative estimate of drug-likeness (QED) is 0.832. The van der Waals surface area contributed by atoms with Gasteiger partial charge in [-0.2, -0.15) is 0 Å². The van der Waals surface area contributed by atoms with Crippen LogP contribution in [-0.4, -0.2) is 34.1 Å². The Kier molecular flexibility index (Phi) is 3.80. The molecule has 0 aromatic carbocycles. The molecular formula is C13H19NO4S. The molecule has 19 heavy (non-hydrogen) atoms. The maximum atomic E-state index is 11.6. The Morgan fingerprint density at radius 3 is 2.68 bits per heavy atom. The predicted molar refractivity (Wildman–Crippen MR) is 73.0 cm³/mol. The molecule has 1 amide bonds. The van der Waals surface area contributed by atoms with Crippen LogP contribution in [0.5, 0.6) is 0 Å². The molecule has 0 spiro atoms. The highest BCUT2D eigenvalue weighted by atomic mass is 32.2. The van der Waals surface area contributed by atoms with Crippen LogP contribution in [0.3, 0.4) is 0 Å². The monoisotopic (exact) mass is 285 g/mol. The molecule has 0 bridgehead atoms. The smallest absolute Gasteiger partial charge is 0.407 e. The fourth-order valence-electron chi connectivity index (χ4n) is 2.09. The van der Waals surface area contributed by atoms with Crippen molar-refractivity contribution in [2.24, 2.45) is 5.92 Å². The molecule has 3 unspecified atom stereocenters. The summed E-state index contributed by atoms with van der Waals surface area (Å²) in [5, 5.41) is 13.3. The average molecular weight is 285 g/mol. The minimum absolute atomic E-state index is 0.0919. The van der Waals surface area contributed by atoms with Gasteiger partial charge in [-0.15, -0.1) is 11.8 Å². The summed E-state index contributed by atoms with van der Waals surface area (Å²) in [7, 11) is 0. The number of carbonyl (C=O) groups is 2. The second-order valence-electron chi connectivity index (χ2n) is 5.95. The molecule has 6 heteroatoms. The first-order chi connectivity index (χ1) is 8.76. The van der Waals surface area contributed by atoms with E-state index in [-0.39, 0.29) is 17.2 Å². The van der Waals surface area contributed by atoms with Crippen molar-refractivity contribution in [3.8, 4) is 0 Å². The molecule has 0 aromatic rings. The SMILES string of the molecule is CC(C)(C)OC(=O)NC1CC1C1=CSC(C(=O)O)C1. The molecule has 0 aromatic heterocycles. The zero-order valence-corrected chi connectivity index (χ0v) is 12.1. The number of alkyl carbamates (subject to hydrolysis) is 1. The Bertz CT molecular complexity index is 427. The summed E-state index contributed by atoms with van der Waals surface area (Å²) in [6.07, 6.45) is 1.05. The van der Waals surface area contributed by atoms with Crippen LogP contribution in [0.1, 0.15) is 33.6 Å². The molecule has 2 rings (SSSR count). The van der Waals surface area contributed by atoms with Gasteiger partial charge in [-0.1, -0.05) is 5.57 Å². The van der Waals surface area contributed by atoms with Gasteiger partial charge in [0.25, 0.3) is 0 Å². The highest BCUT2D eigenvalue weighted by molar-refractivity contribution is 8.03. The molecule has 0 saturated heterocycles. The van der Waals surface area contributed by atoms with Crippen LogP contribution in [0.25, 0.3) is 0 Å². The molecule has 0 radical (unpaired) electrons. The summed E-state index contributed by atoms with van der Waals surface area (Å²) in [5.41, 5.74) is 0.643. The van der Waals surface area contributed by atoms with E-state index in [1.165, 1.54) is 11.8 Å². The number of rotatable bonds is 3. The largest absolute Gasteiger partial charge is 0.480 e. The number of carboxylic acids is 1. The summed E-state index contributed by atoms with van der Waals surface area (Å²) in [4.78, 5) is 22.5. The van der Waals surface area contributed by atoms with E-state index in [4.69, 9.17) is 9.84 Å². The van der Waals surface area contributed by atoms with Crippen LogP contribution in [-0.2, 0) is 9.53 Å². The number of carbonyl (C=O) groups excluding carboxylic acids is 1. The maximum absolute atomic E-state index is 11.6. The summed E-state index contributed by atoms with van der Waals surface area (Å²) in [6.45, 7) is 5.47. The lowest BCUT2D eigenvalue weighted by Gasteiger charge is -2.19. The molecule has 106 valence electrons. The van der Waals surface area contributed by atoms with E-state index in [1.54, 1.807) is 0 Å². The van der Waals surface area contributed by atoms with Crippen LogP contribution in [0.15, 0.2) is 11.0 Å². The van der Waals surface area contributed by atoms with Crippen molar-refractivity contribution < 1.29 is 19.4 Å². The number of thioether (sulfide) groups is 1. The van der Waals surface area contributed by atoms with E-state index in [2.05, 4.69) is 5.32 Å². The molecule has 1 aliphatic heterocycles. The van der Waals surface area contributed by atoms with Crippen LogP contribution in [0.4, 0.5) is 4.79 Å². The van der Waals surface area contributed by atoms with Gasteiger partial charge in [-0.3, -0.25) is 4.79 Å². The van der Waals surface area contributed by atoms with Crippen LogP contribution < -0.4 is 5.32 Å². The fraction of sp³-hybridized carbons (Fsp3) is 0.692. The second-order valence-corrected chi connectivity index (χ2v) is 7.03. The number of hydrogen-bond donors (Lipinski definition) is 2. The lowest BCUT2D eigenvalue weighted by atomic mass is 10.1. The van der Waals surface area contributed by atoms with Gasteiger partial charge >= 0.3 is 12.1 Å². The zero-order valence-electron chi connectivity index (χ0n) is 11.3. The van der Waals surface area contributed by atoms with Crippen molar-refractivity contribution in [1.29, 1.82) is 0 Å². The molecule has 1 aliphatic carbocycles. The van der Waals surface area contributed by atoms with Gasteiger partial charge in [0.05, 0.1) is 0 Å². The van der Waals surface area contributed by atoms with Crippen molar-refractivity contribution in [2.75, 3.05) is 0 Å². The van der Waals surface area contributed by atoms with Gasteiger partial charge in [0, 0.05) is 12.0 Å². The number of aliphatic carboxylic acids is 1. The van der Waals surface area contributed by atoms with Crippen molar-refractivity contribution in [3.05, 3.63) is 11.0 Å². The summed E-state index contributed by atoms with van der Waals surface area (Å²) >= 11 is 1.35. The van der Waals surface area contributed by atoms with E-state index in [0.29, 0.717) is 6.42 Å². The molecular weight excluding hydrogens is 266 g/mol. The molecule has 1 saturated carbocycles. The van der Waals surface area contributed by atoms with Gasteiger partial charge in [-0.05, 0) is 39.0 Å². The van der Waals surface area contributed by atoms with Crippen LogP contribution >= 0.6 is 11.8 Å². The Morgan fingerprint density at radius 1 is 1.47 bits per heavy atom. The lowest BCUT2D eigenvalue weighted by Crippen LogP contribution is -2.34. The normalized spacial score (nSPS) is 29.6. The average Bonchev–Trinajstić information content (AvgIpc) is 2.82. The topological polar surface area (TPSA) is 75.6 Å². The Labute approximate surface area is 116 Å². The number of carboxylic acid groups (broad SMARTS) is 1. The van der Waals surface area contributed by atoms with Crippen molar-refractivity contribution in [1.82, 2.24) is 5.32 Å². The van der Waals surface area contributed by atoms with E-state index >= 15 is 0 Å². The fourth-order valence-corrected chi connectivity index (χ4v) is 3.10. The maximum Gasteiger partial charge on any atom is 0.407 e. The molecule has 1 heterocycles. The third-order valence-electron chi connectivity index (χ3n) is 3.05. The Hall–Kier alpha value is -1.17. The Balaban J connectivity index is 1.77. The van der Waals surface area contributed by atoms with Gasteiger partial charge in [-0.25, -0.2) is 4.79 Å². The number of amides is 1. The highest BCUT2D eigenvalue weighted by Crippen LogP contribution is 2.45. The van der Waals surface area contributed by atoms with Crippen LogP contribution in [0, 0.1) is 5.92 Å². The van der Waals surface area contributed by atoms with Gasteiger partial charge in [0.2, 0.25) is 0 Å². The van der Waals surface area contributed by atoms with E-state index in [1.807, 2.05) is 26.2 Å². The van der Waals surface area contributed by atoms with Crippen LogP contribution in [0.2, 0.25) is 0 Å². The number of nitrogens with one attached hydrogen (secondary N) is 1. The number of hydrogen-bond acceptors (Lipinski definition) is 4. The number of ether oxygens (including phenoxy) is 1. The molecule has 5 nitrogen and oxygen atoms in total. The van der Waals surface area contributed by atoms with E-state index < -0.39 is 17.7 Å². The van der Waals surface area contributed by atoms with Crippen molar-refractivity contribution in [3.63, 3.8) is 0 Å². The molecule has 1 fully saturated rings. The highest BCUT2D eigenvalue weighted by Gasteiger charge is 2.44. The summed E-state index contributed by atoms with van der Waals surface area (Å²) in [6, 6.07) is 0.0919. The summed E-state index contributed by atoms with van der Waals surface area (Å²) < 4.78 is 5.19. The van der Waals surface area contributed by atoms with Crippen molar-refractivity contribution >= 4 is 23.8 Å². The van der Waals surface area contributed by atoms with E-state index in [9.17, 15) is 9.59 Å². The zero-order chi connectivity index (χ0) is 14.2. The first-order valence-corrected chi connectivity index (χ1v) is 7.27. The third-order valence-corrected chi connectivity index (χ3v) is 4.18. The minimum Gasteiger partial charge on any atom is -0.480 e. The second kappa shape index (κ2) is 5.07. The first-order valence-electron chi connectivity index (χ1n) is 6.33.